The molecule has 1 rings (SSSR count). The van der Waals surface area contributed by atoms with E-state index < -0.39 is 33.5 Å². The van der Waals surface area contributed by atoms with E-state index in [-0.39, 0.29) is 6.42 Å². The zero-order chi connectivity index (χ0) is 15.9. The maximum Gasteiger partial charge on any atom is 0.320 e. The lowest BCUT2D eigenvalue weighted by Crippen LogP contribution is -2.32. The second kappa shape index (κ2) is 7.48. The molecule has 11 nitrogen and oxygen atoms in total. The summed E-state index contributed by atoms with van der Waals surface area (Å²) < 4.78 is 0. The Hall–Kier alpha value is -2.95. The smallest absolute Gasteiger partial charge is 0.320 e. The molecule has 0 aliphatic rings. The van der Waals surface area contributed by atoms with Gasteiger partial charge in [0, 0.05) is 6.07 Å². The Balaban J connectivity index is 0.000000796. The first-order valence-electron chi connectivity index (χ1n) is 4.93. The Morgan fingerprint density at radius 3 is 2.25 bits per heavy atom. The molecule has 0 aliphatic carbocycles. The van der Waals surface area contributed by atoms with Crippen molar-refractivity contribution in [1.29, 1.82) is 0 Å². The van der Waals surface area contributed by atoms with Crippen molar-refractivity contribution in [2.75, 3.05) is 0 Å². The number of nitro groups is 1. The van der Waals surface area contributed by atoms with Crippen LogP contribution in [0.3, 0.4) is 0 Å². The molecule has 1 atom stereocenters. The molecule has 0 amide bonds. The van der Waals surface area contributed by atoms with Crippen LogP contribution in [0.5, 0.6) is 5.75 Å². The first-order chi connectivity index (χ1) is 9.15. The lowest BCUT2D eigenvalue weighted by atomic mass is 10.1. The fourth-order valence-electron chi connectivity index (χ4n) is 1.18. The Morgan fingerprint density at radius 2 is 1.85 bits per heavy atom. The largest absolute Gasteiger partial charge is 0.502 e. The fraction of sp³-hybridized carbons (Fsp3) is 0.222. The molecule has 1 aromatic carbocycles. The monoisotopic (exact) mass is 289 g/mol. The number of carbonyl (C=O) groups is 1. The standard InChI is InChI=1S/C9H10N2O5.HNO3/c10-6(9(13)14)3-5-1-2-8(12)7(4-5)11(15)16;2-1(3)4/h1-2,4,6,12H,3,10H2,(H,13,14);(H,2,3,4). The van der Waals surface area contributed by atoms with Crippen LogP contribution in [0.15, 0.2) is 18.2 Å². The lowest BCUT2D eigenvalue weighted by Gasteiger charge is -2.06. The van der Waals surface area contributed by atoms with Gasteiger partial charge >= 0.3 is 11.7 Å². The van der Waals surface area contributed by atoms with E-state index in [0.717, 1.165) is 12.1 Å². The second-order valence-electron chi connectivity index (χ2n) is 3.47. The Morgan fingerprint density at radius 1 is 1.35 bits per heavy atom. The van der Waals surface area contributed by atoms with E-state index >= 15 is 0 Å². The highest BCUT2D eigenvalue weighted by molar-refractivity contribution is 5.73. The van der Waals surface area contributed by atoms with Crippen molar-refractivity contribution in [3.8, 4) is 5.75 Å². The van der Waals surface area contributed by atoms with Crippen molar-refractivity contribution < 1.29 is 30.2 Å². The number of aromatic hydroxyl groups is 1. The van der Waals surface area contributed by atoms with Gasteiger partial charge in [0.2, 0.25) is 0 Å². The predicted octanol–water partition coefficient (Wildman–Crippen LogP) is -0.0929. The minimum atomic E-state index is -1.50. The number of nitrogens with two attached hydrogens (primary N) is 1. The molecule has 0 spiro atoms. The molecule has 110 valence electrons. The summed E-state index contributed by atoms with van der Waals surface area (Å²) in [5.41, 5.74) is 5.21. The van der Waals surface area contributed by atoms with E-state index in [1.54, 1.807) is 0 Å². The predicted molar refractivity (Wildman–Crippen MR) is 62.9 cm³/mol. The number of hydrogen-bond acceptors (Lipinski definition) is 7. The molecular formula is C9H11N3O8. The number of aliphatic carboxylic acids is 1. The summed E-state index contributed by atoms with van der Waals surface area (Å²) in [5, 5.41) is 41.9. The SMILES string of the molecule is NC(Cc1ccc(O)c([N+](=O)[O-])c1)C(=O)O.O=[N+]([O-])O. The summed E-state index contributed by atoms with van der Waals surface area (Å²) in [4.78, 5) is 28.6. The number of phenols is 1. The summed E-state index contributed by atoms with van der Waals surface area (Å²) in [6.45, 7) is 0. The number of carboxylic acids is 1. The molecule has 0 saturated carbocycles. The van der Waals surface area contributed by atoms with Gasteiger partial charge in [-0.25, -0.2) is 0 Å². The van der Waals surface area contributed by atoms with Crippen molar-refractivity contribution >= 4 is 11.7 Å². The van der Waals surface area contributed by atoms with Gasteiger partial charge < -0.3 is 21.2 Å². The van der Waals surface area contributed by atoms with Gasteiger partial charge in [-0.15, -0.1) is 10.1 Å². The van der Waals surface area contributed by atoms with E-state index in [2.05, 4.69) is 0 Å². The number of benzene rings is 1. The van der Waals surface area contributed by atoms with Crippen LogP contribution in [0.4, 0.5) is 5.69 Å². The summed E-state index contributed by atoms with van der Waals surface area (Å²) in [5.74, 6) is -1.65. The number of hydrogen-bond donors (Lipinski definition) is 4. The van der Waals surface area contributed by atoms with Gasteiger partial charge in [0.1, 0.15) is 6.04 Å². The molecule has 20 heavy (non-hydrogen) atoms. The van der Waals surface area contributed by atoms with Crippen molar-refractivity contribution in [2.45, 2.75) is 12.5 Å². The molecule has 0 heterocycles. The summed E-state index contributed by atoms with van der Waals surface area (Å²) in [6.07, 6.45) is -0.0313. The molecule has 1 unspecified atom stereocenters. The van der Waals surface area contributed by atoms with Gasteiger partial charge in [-0.3, -0.25) is 14.9 Å². The van der Waals surface area contributed by atoms with Crippen LogP contribution in [-0.4, -0.2) is 37.4 Å². The average molecular weight is 289 g/mol. The third-order valence-corrected chi connectivity index (χ3v) is 2.01. The van der Waals surface area contributed by atoms with Gasteiger partial charge in [-0.05, 0) is 18.1 Å². The van der Waals surface area contributed by atoms with E-state index in [1.807, 2.05) is 0 Å². The van der Waals surface area contributed by atoms with Crippen LogP contribution in [0.1, 0.15) is 5.56 Å². The Labute approximate surface area is 111 Å². The van der Waals surface area contributed by atoms with Gasteiger partial charge in [0.05, 0.1) is 4.92 Å². The molecule has 5 N–H and O–H groups in total. The highest BCUT2D eigenvalue weighted by atomic mass is 16.9. The molecule has 0 bridgehead atoms. The number of rotatable bonds is 4. The highest BCUT2D eigenvalue weighted by Crippen LogP contribution is 2.26. The zero-order valence-electron chi connectivity index (χ0n) is 9.87. The molecule has 0 aliphatic heterocycles. The maximum absolute atomic E-state index is 10.5. The first-order valence-corrected chi connectivity index (χ1v) is 4.93. The molecule has 0 saturated heterocycles. The van der Waals surface area contributed by atoms with Gasteiger partial charge in [-0.1, -0.05) is 6.07 Å². The van der Waals surface area contributed by atoms with Crippen molar-refractivity contribution in [1.82, 2.24) is 0 Å². The normalized spacial score (nSPS) is 10.8. The number of phenolic OH excluding ortho intramolecular Hbond substituents is 1. The number of nitro benzene ring substituents is 1. The molecule has 1 aromatic rings. The van der Waals surface area contributed by atoms with Crippen molar-refractivity contribution in [3.63, 3.8) is 0 Å². The summed E-state index contributed by atoms with van der Waals surface area (Å²) in [7, 11) is 0. The summed E-state index contributed by atoms with van der Waals surface area (Å²) in [6, 6.07) is 2.52. The van der Waals surface area contributed by atoms with Crippen LogP contribution in [0, 0.1) is 20.2 Å². The quantitative estimate of drug-likeness (QED) is 0.433. The van der Waals surface area contributed by atoms with Crippen LogP contribution in [0.25, 0.3) is 0 Å². The number of carboxylic acid groups (broad SMARTS) is 1. The third kappa shape index (κ3) is 6.11. The Kier molecular flexibility index (Phi) is 6.37. The second-order valence-corrected chi connectivity index (χ2v) is 3.47. The van der Waals surface area contributed by atoms with Gasteiger partial charge in [-0.2, -0.15) is 0 Å². The summed E-state index contributed by atoms with van der Waals surface area (Å²) >= 11 is 0. The lowest BCUT2D eigenvalue weighted by molar-refractivity contribution is -0.742. The Bertz CT molecular complexity index is 514. The van der Waals surface area contributed by atoms with Crippen LogP contribution in [-0.2, 0) is 11.2 Å². The van der Waals surface area contributed by atoms with Crippen molar-refractivity contribution in [2.24, 2.45) is 5.73 Å². The van der Waals surface area contributed by atoms with E-state index in [9.17, 15) is 14.9 Å². The minimum Gasteiger partial charge on any atom is -0.502 e. The first kappa shape index (κ1) is 17.1. The maximum atomic E-state index is 10.5. The van der Waals surface area contributed by atoms with Gasteiger partial charge in [0.25, 0.3) is 5.09 Å². The fourth-order valence-corrected chi connectivity index (χ4v) is 1.18. The van der Waals surface area contributed by atoms with E-state index in [4.69, 9.17) is 31.3 Å². The molecule has 0 fully saturated rings. The van der Waals surface area contributed by atoms with Crippen LogP contribution in [0.2, 0.25) is 0 Å². The molecule has 11 heteroatoms. The number of nitrogens with zero attached hydrogens (tertiary/aromatic N) is 2. The third-order valence-electron chi connectivity index (χ3n) is 2.01. The van der Waals surface area contributed by atoms with Crippen molar-refractivity contribution in [3.05, 3.63) is 44.0 Å². The van der Waals surface area contributed by atoms with Crippen LogP contribution >= 0.6 is 0 Å². The minimum absolute atomic E-state index is 0.0313. The van der Waals surface area contributed by atoms with E-state index in [1.165, 1.54) is 6.07 Å². The van der Waals surface area contributed by atoms with E-state index in [0.29, 0.717) is 5.56 Å². The zero-order valence-corrected chi connectivity index (χ0v) is 9.87. The van der Waals surface area contributed by atoms with Gasteiger partial charge in [0.15, 0.2) is 5.75 Å². The van der Waals surface area contributed by atoms with Crippen LogP contribution < -0.4 is 5.73 Å². The molecular weight excluding hydrogens is 278 g/mol. The average Bonchev–Trinajstić information content (AvgIpc) is 2.30. The topological polar surface area (TPSA) is 190 Å². The molecule has 0 aromatic heterocycles. The highest BCUT2D eigenvalue weighted by Gasteiger charge is 2.17. The molecule has 0 radical (unpaired) electrons.